The molecule has 0 bridgehead atoms. The van der Waals surface area contributed by atoms with Crippen LogP contribution in [-0.2, 0) is 0 Å². The van der Waals surface area contributed by atoms with E-state index < -0.39 is 0 Å². The molecule has 0 spiro atoms. The van der Waals surface area contributed by atoms with Crippen LogP contribution in [0.15, 0.2) is 237 Å². The Hall–Kier alpha value is -9.64. The van der Waals surface area contributed by atoms with E-state index in [4.69, 9.17) is 9.97 Å². The first-order chi connectivity index (χ1) is 37.1. The zero-order valence-corrected chi connectivity index (χ0v) is 41.2. The summed E-state index contributed by atoms with van der Waals surface area (Å²) in [7, 11) is 0. The van der Waals surface area contributed by atoms with Gasteiger partial charge in [-0.2, -0.15) is 0 Å². The normalized spacial score (nSPS) is 13.7. The minimum absolute atomic E-state index is 0.314. The molecule has 1 unspecified atom stereocenters. The van der Waals surface area contributed by atoms with Crippen molar-refractivity contribution >= 4 is 104 Å². The number of para-hydroxylation sites is 2. The Morgan fingerprint density at radius 1 is 0.360 bits per heavy atom. The molecule has 0 aliphatic heterocycles. The van der Waals surface area contributed by atoms with Crippen LogP contribution >= 0.6 is 0 Å². The molecule has 3 aromatic heterocycles. The van der Waals surface area contributed by atoms with Crippen molar-refractivity contribution in [2.75, 3.05) is 0 Å². The lowest BCUT2D eigenvalue weighted by atomic mass is 9.81. The molecule has 1 atom stereocenters. The minimum atomic E-state index is 0.314. The van der Waals surface area contributed by atoms with E-state index in [1.54, 1.807) is 0 Å². The Morgan fingerprint density at radius 3 is 1.47 bits per heavy atom. The molecule has 4 nitrogen and oxygen atoms in total. The van der Waals surface area contributed by atoms with Crippen molar-refractivity contribution in [1.29, 1.82) is 0 Å². The van der Waals surface area contributed by atoms with Crippen LogP contribution in [0.1, 0.15) is 30.4 Å². The highest BCUT2D eigenvalue weighted by Crippen LogP contribution is 2.45. The van der Waals surface area contributed by atoms with Gasteiger partial charge in [0.1, 0.15) is 0 Å². The predicted molar refractivity (Wildman–Crippen MR) is 317 cm³/mol. The van der Waals surface area contributed by atoms with Crippen LogP contribution in [0.25, 0.3) is 149 Å². The molecule has 0 radical (unpaired) electrons. The minimum Gasteiger partial charge on any atom is -0.309 e. The van der Waals surface area contributed by atoms with Crippen molar-refractivity contribution in [3.05, 3.63) is 248 Å². The number of benzene rings is 12. The molecule has 75 heavy (non-hydrogen) atoms. The van der Waals surface area contributed by atoms with Crippen molar-refractivity contribution < 1.29 is 0 Å². The zero-order valence-electron chi connectivity index (χ0n) is 41.2. The summed E-state index contributed by atoms with van der Waals surface area (Å²) in [5.41, 5.74) is 14.7. The average Bonchev–Trinajstić information content (AvgIpc) is 4.00. The number of nitrogens with zero attached hydrogens (tertiary/aromatic N) is 4. The second-order valence-electron chi connectivity index (χ2n) is 20.5. The van der Waals surface area contributed by atoms with Crippen LogP contribution < -0.4 is 0 Å². The highest BCUT2D eigenvalue weighted by molar-refractivity contribution is 6.17. The standard InChI is InChI=1S/C71H46N4/c1-43-17-16-30-58-51-23-7-3-19-47(51)40-62(70(43)58)64-42-63(59-39-46-18-2-5-21-49(46)52-24-8-9-26-54(52)59)72-71(73-64)75-66-32-15-13-29-57(66)61-38-45(34-36-68(61)75)44-33-35-67-60(37-44)56-28-12-14-31-65(56)74(67)69-41-48-20-4-6-22-50(48)53-25-10-11-27-55(53)69/h2-16,18-43H,17H2,1H3. The van der Waals surface area contributed by atoms with E-state index in [2.05, 4.69) is 259 Å². The molecular weight excluding hydrogens is 909 g/mol. The lowest BCUT2D eigenvalue weighted by Crippen LogP contribution is -2.07. The molecule has 3 heterocycles. The lowest BCUT2D eigenvalue weighted by molar-refractivity contribution is 0.774. The van der Waals surface area contributed by atoms with Gasteiger partial charge < -0.3 is 4.57 Å². The SMILES string of the molecule is CC1CC=Cc2c1c(-c1cc(-c3cc4ccccc4c4ccccc34)nc(-n3c4ccccc4c4cc(-c5ccc6c(c5)c5ccccc5n6-c5cc6ccccc6c6ccccc56)ccc43)n1)cc1ccccc21. The Balaban J connectivity index is 0.916. The summed E-state index contributed by atoms with van der Waals surface area (Å²) in [5, 5.41) is 17.0. The summed E-state index contributed by atoms with van der Waals surface area (Å²) in [6.07, 6.45) is 5.63. The Morgan fingerprint density at radius 2 is 0.813 bits per heavy atom. The molecule has 4 heteroatoms. The third-order valence-electron chi connectivity index (χ3n) is 16.3. The summed E-state index contributed by atoms with van der Waals surface area (Å²) in [6.45, 7) is 2.35. The molecular formula is C71H46N4. The number of allylic oxidation sites excluding steroid dienone is 1. The van der Waals surface area contributed by atoms with Crippen molar-refractivity contribution in [3.8, 4) is 45.3 Å². The molecule has 16 rings (SSSR count). The van der Waals surface area contributed by atoms with Crippen molar-refractivity contribution in [3.63, 3.8) is 0 Å². The van der Waals surface area contributed by atoms with Gasteiger partial charge in [-0.15, -0.1) is 0 Å². The molecule has 0 amide bonds. The summed E-state index contributed by atoms with van der Waals surface area (Å²) < 4.78 is 4.76. The van der Waals surface area contributed by atoms with Crippen molar-refractivity contribution in [2.24, 2.45) is 0 Å². The quantitative estimate of drug-likeness (QED) is 0.161. The number of hydrogen-bond donors (Lipinski definition) is 0. The predicted octanol–water partition coefficient (Wildman–Crippen LogP) is 19.0. The number of rotatable bonds is 5. The molecule has 0 saturated heterocycles. The fourth-order valence-electron chi connectivity index (χ4n) is 12.9. The molecule has 350 valence electrons. The molecule has 0 saturated carbocycles. The van der Waals surface area contributed by atoms with E-state index >= 15 is 0 Å². The maximum absolute atomic E-state index is 5.70. The molecule has 1 aliphatic rings. The van der Waals surface area contributed by atoms with Crippen molar-refractivity contribution in [2.45, 2.75) is 19.3 Å². The molecule has 12 aromatic carbocycles. The third kappa shape index (κ3) is 6.30. The highest BCUT2D eigenvalue weighted by Gasteiger charge is 2.25. The zero-order chi connectivity index (χ0) is 49.3. The topological polar surface area (TPSA) is 35.6 Å². The third-order valence-corrected chi connectivity index (χ3v) is 16.3. The fraction of sp³-hybridized carbons (Fsp3) is 0.0423. The van der Waals surface area contributed by atoms with Gasteiger partial charge in [0.05, 0.1) is 39.1 Å². The largest absolute Gasteiger partial charge is 0.309 e. The number of aromatic nitrogens is 4. The van der Waals surface area contributed by atoms with Crippen LogP contribution in [0.3, 0.4) is 0 Å². The van der Waals surface area contributed by atoms with Gasteiger partial charge in [0.25, 0.3) is 0 Å². The molecule has 0 N–H and O–H groups in total. The van der Waals surface area contributed by atoms with Gasteiger partial charge in [-0.25, -0.2) is 9.97 Å². The van der Waals surface area contributed by atoms with Crippen molar-refractivity contribution in [1.82, 2.24) is 19.1 Å². The van der Waals surface area contributed by atoms with Crippen LogP contribution in [-0.4, -0.2) is 19.1 Å². The number of hydrogen-bond acceptors (Lipinski definition) is 2. The highest BCUT2D eigenvalue weighted by atomic mass is 15.2. The van der Waals surface area contributed by atoms with Gasteiger partial charge in [0, 0.05) is 38.1 Å². The maximum atomic E-state index is 5.70. The van der Waals surface area contributed by atoms with Gasteiger partial charge >= 0.3 is 0 Å². The lowest BCUT2D eigenvalue weighted by Gasteiger charge is -2.24. The van der Waals surface area contributed by atoms with Gasteiger partial charge in [0.2, 0.25) is 5.95 Å². The monoisotopic (exact) mass is 954 g/mol. The van der Waals surface area contributed by atoms with E-state index in [1.165, 1.54) is 98.0 Å². The Bertz CT molecular complexity index is 4950. The smallest absolute Gasteiger partial charge is 0.235 e. The second-order valence-corrected chi connectivity index (χ2v) is 20.5. The van der Waals surface area contributed by atoms with E-state index in [9.17, 15) is 0 Å². The molecule has 1 aliphatic carbocycles. The van der Waals surface area contributed by atoms with E-state index in [0.29, 0.717) is 11.9 Å². The summed E-state index contributed by atoms with van der Waals surface area (Å²) in [4.78, 5) is 11.4. The van der Waals surface area contributed by atoms with Gasteiger partial charge in [0.15, 0.2) is 0 Å². The maximum Gasteiger partial charge on any atom is 0.235 e. The fourth-order valence-corrected chi connectivity index (χ4v) is 12.9. The Labute approximate surface area is 432 Å². The van der Waals surface area contributed by atoms with Crippen LogP contribution in [0.5, 0.6) is 0 Å². The van der Waals surface area contributed by atoms with Gasteiger partial charge in [-0.3, -0.25) is 4.57 Å². The van der Waals surface area contributed by atoms with Crippen LogP contribution in [0.2, 0.25) is 0 Å². The van der Waals surface area contributed by atoms with Crippen LogP contribution in [0.4, 0.5) is 0 Å². The number of fused-ring (bicyclic) bond motifs is 15. The van der Waals surface area contributed by atoms with Gasteiger partial charge in [-0.05, 0) is 144 Å². The molecule has 15 aromatic rings. The molecule has 0 fully saturated rings. The van der Waals surface area contributed by atoms with E-state index in [0.717, 1.165) is 56.3 Å². The summed E-state index contributed by atoms with van der Waals surface area (Å²) in [6, 6.07) is 84.7. The van der Waals surface area contributed by atoms with E-state index in [1.807, 2.05) is 0 Å². The first-order valence-electron chi connectivity index (χ1n) is 26.1. The van der Waals surface area contributed by atoms with E-state index in [-0.39, 0.29) is 0 Å². The summed E-state index contributed by atoms with van der Waals surface area (Å²) >= 11 is 0. The van der Waals surface area contributed by atoms with Crippen LogP contribution in [0, 0.1) is 0 Å². The second kappa shape index (κ2) is 16.2. The first-order valence-corrected chi connectivity index (χ1v) is 26.1. The summed E-state index contributed by atoms with van der Waals surface area (Å²) in [5.74, 6) is 0.962. The van der Waals surface area contributed by atoms with Gasteiger partial charge in [-0.1, -0.05) is 189 Å². The average molecular weight is 955 g/mol. The first kappa shape index (κ1) is 41.9. The Kier molecular flexibility index (Phi) is 9.05.